The van der Waals surface area contributed by atoms with E-state index in [2.05, 4.69) is 15.4 Å². The summed E-state index contributed by atoms with van der Waals surface area (Å²) in [5.74, 6) is 0. The van der Waals surface area contributed by atoms with E-state index in [4.69, 9.17) is 16.7 Å². The van der Waals surface area contributed by atoms with Crippen LogP contribution >= 0.6 is 11.6 Å². The van der Waals surface area contributed by atoms with Crippen LogP contribution in [0.3, 0.4) is 0 Å². The molecule has 0 aromatic carbocycles. The Morgan fingerprint density at radius 1 is 1.52 bits per heavy atom. The predicted octanol–water partition coefficient (Wildman–Crippen LogP) is 1.49. The summed E-state index contributed by atoms with van der Waals surface area (Å²) in [6, 6.07) is 0.0704. The van der Waals surface area contributed by atoms with Gasteiger partial charge in [0.1, 0.15) is 5.39 Å². The number of nitrogens with one attached hydrogen (secondary N) is 1. The van der Waals surface area contributed by atoms with Crippen LogP contribution < -0.4 is 10.9 Å². The first-order valence-electron chi connectivity index (χ1n) is 6.52. The highest BCUT2D eigenvalue weighted by Gasteiger charge is 2.15. The highest BCUT2D eigenvalue weighted by atomic mass is 35.5. The molecule has 0 atom stereocenters. The van der Waals surface area contributed by atoms with Crippen LogP contribution in [0.4, 0.5) is 4.79 Å². The maximum absolute atomic E-state index is 12.4. The summed E-state index contributed by atoms with van der Waals surface area (Å²) in [4.78, 5) is 26.9. The van der Waals surface area contributed by atoms with E-state index < -0.39 is 6.09 Å². The Labute approximate surface area is 125 Å². The molecule has 0 aliphatic heterocycles. The molecule has 2 heterocycles. The second-order valence-electron chi connectivity index (χ2n) is 4.84. The molecule has 0 unspecified atom stereocenters. The smallest absolute Gasteiger partial charge is 0.404 e. The van der Waals surface area contributed by atoms with E-state index in [0.29, 0.717) is 17.5 Å². The molecule has 2 rings (SSSR count). The van der Waals surface area contributed by atoms with Gasteiger partial charge < -0.3 is 10.4 Å². The number of fused-ring (bicyclic) bond motifs is 1. The standard InChI is InChI=1S/C12H16ClN5O3/c1-7(2)18-9-8(6-15-18)10(19)17(11(13)16-9)5-3-4-14-12(20)21/h6-7,14H,3-5H2,1-2H3,(H,20,21). The number of amides is 1. The molecule has 0 spiro atoms. The topological polar surface area (TPSA) is 102 Å². The van der Waals surface area contributed by atoms with Gasteiger partial charge in [-0.1, -0.05) is 0 Å². The van der Waals surface area contributed by atoms with Crippen LogP contribution in [0, 0.1) is 0 Å². The molecule has 0 saturated carbocycles. The minimum absolute atomic E-state index is 0.0704. The maximum atomic E-state index is 12.4. The van der Waals surface area contributed by atoms with Crippen molar-refractivity contribution >= 4 is 28.7 Å². The fourth-order valence-corrected chi connectivity index (χ4v) is 2.24. The van der Waals surface area contributed by atoms with Crippen molar-refractivity contribution in [3.63, 3.8) is 0 Å². The van der Waals surface area contributed by atoms with Crippen LogP contribution in [0.15, 0.2) is 11.0 Å². The third-order valence-corrected chi connectivity index (χ3v) is 3.28. The Hall–Kier alpha value is -2.09. The Kier molecular flexibility index (Phi) is 4.46. The van der Waals surface area contributed by atoms with Gasteiger partial charge in [0.15, 0.2) is 5.65 Å². The number of carbonyl (C=O) groups is 1. The molecular weight excluding hydrogens is 298 g/mol. The lowest BCUT2D eigenvalue weighted by Gasteiger charge is -2.10. The Balaban J connectivity index is 2.29. The summed E-state index contributed by atoms with van der Waals surface area (Å²) in [6.07, 6.45) is 0.824. The molecule has 0 saturated heterocycles. The predicted molar refractivity (Wildman–Crippen MR) is 77.8 cm³/mol. The summed E-state index contributed by atoms with van der Waals surface area (Å²) < 4.78 is 2.96. The summed E-state index contributed by atoms with van der Waals surface area (Å²) in [5, 5.41) is 15.3. The van der Waals surface area contributed by atoms with Gasteiger partial charge in [0, 0.05) is 19.1 Å². The van der Waals surface area contributed by atoms with Gasteiger partial charge in [-0.05, 0) is 31.9 Å². The van der Waals surface area contributed by atoms with Gasteiger partial charge in [0.2, 0.25) is 5.28 Å². The first-order chi connectivity index (χ1) is 9.91. The highest BCUT2D eigenvalue weighted by Crippen LogP contribution is 2.15. The van der Waals surface area contributed by atoms with E-state index in [0.717, 1.165) is 0 Å². The van der Waals surface area contributed by atoms with Gasteiger partial charge in [0.25, 0.3) is 5.56 Å². The summed E-state index contributed by atoms with van der Waals surface area (Å²) in [7, 11) is 0. The number of hydrogen-bond donors (Lipinski definition) is 2. The van der Waals surface area contributed by atoms with E-state index in [1.807, 2.05) is 13.8 Å². The largest absolute Gasteiger partial charge is 0.465 e. The van der Waals surface area contributed by atoms with Crippen LogP contribution in [0.25, 0.3) is 11.0 Å². The van der Waals surface area contributed by atoms with Crippen LogP contribution in [0.5, 0.6) is 0 Å². The molecule has 9 heteroatoms. The van der Waals surface area contributed by atoms with Crippen LogP contribution in [0.2, 0.25) is 5.28 Å². The van der Waals surface area contributed by atoms with Gasteiger partial charge in [-0.15, -0.1) is 0 Å². The van der Waals surface area contributed by atoms with E-state index >= 15 is 0 Å². The number of hydrogen-bond acceptors (Lipinski definition) is 4. The monoisotopic (exact) mass is 313 g/mol. The zero-order valence-corrected chi connectivity index (χ0v) is 12.5. The van der Waals surface area contributed by atoms with Crippen molar-refractivity contribution in [1.29, 1.82) is 0 Å². The van der Waals surface area contributed by atoms with Crippen molar-refractivity contribution < 1.29 is 9.90 Å². The molecule has 0 radical (unpaired) electrons. The van der Waals surface area contributed by atoms with Gasteiger partial charge in [-0.3, -0.25) is 9.36 Å². The normalized spacial score (nSPS) is 11.2. The molecule has 0 fully saturated rings. The van der Waals surface area contributed by atoms with Gasteiger partial charge in [-0.2, -0.15) is 10.1 Å². The van der Waals surface area contributed by atoms with Gasteiger partial charge >= 0.3 is 6.09 Å². The number of carboxylic acid groups (broad SMARTS) is 1. The van der Waals surface area contributed by atoms with Crippen molar-refractivity contribution in [2.45, 2.75) is 32.9 Å². The molecule has 114 valence electrons. The molecule has 0 aliphatic rings. The molecule has 2 aromatic rings. The number of aromatic nitrogens is 4. The SMILES string of the molecule is CC(C)n1ncc2c(=O)n(CCCNC(=O)O)c(Cl)nc21. The molecule has 21 heavy (non-hydrogen) atoms. The zero-order valence-electron chi connectivity index (χ0n) is 11.7. The molecule has 0 bridgehead atoms. The lowest BCUT2D eigenvalue weighted by molar-refractivity contribution is 0.194. The maximum Gasteiger partial charge on any atom is 0.404 e. The van der Waals surface area contributed by atoms with Crippen LogP contribution in [-0.4, -0.2) is 37.1 Å². The average Bonchev–Trinajstić information content (AvgIpc) is 2.81. The van der Waals surface area contributed by atoms with Crippen molar-refractivity contribution in [3.05, 3.63) is 21.8 Å². The fraction of sp³-hybridized carbons (Fsp3) is 0.500. The van der Waals surface area contributed by atoms with Crippen LogP contribution in [0.1, 0.15) is 26.3 Å². The molecule has 2 aromatic heterocycles. The minimum atomic E-state index is -1.10. The van der Waals surface area contributed by atoms with Crippen molar-refractivity contribution in [3.8, 4) is 0 Å². The molecule has 0 aliphatic carbocycles. The first-order valence-corrected chi connectivity index (χ1v) is 6.90. The fourth-order valence-electron chi connectivity index (χ4n) is 2.00. The van der Waals surface area contributed by atoms with Crippen molar-refractivity contribution in [2.75, 3.05) is 6.54 Å². The summed E-state index contributed by atoms with van der Waals surface area (Å²) >= 11 is 6.06. The molecule has 8 nitrogen and oxygen atoms in total. The molecular formula is C12H16ClN5O3. The number of rotatable bonds is 5. The van der Waals surface area contributed by atoms with E-state index in [-0.39, 0.29) is 30.0 Å². The second kappa shape index (κ2) is 6.13. The third kappa shape index (κ3) is 3.15. The van der Waals surface area contributed by atoms with Crippen LogP contribution in [-0.2, 0) is 6.54 Å². The lowest BCUT2D eigenvalue weighted by atomic mass is 10.3. The Morgan fingerprint density at radius 2 is 2.24 bits per heavy atom. The van der Waals surface area contributed by atoms with Gasteiger partial charge in [-0.25, -0.2) is 9.48 Å². The summed E-state index contributed by atoms with van der Waals surface area (Å²) in [5.41, 5.74) is 0.187. The quantitative estimate of drug-likeness (QED) is 0.643. The average molecular weight is 314 g/mol. The van der Waals surface area contributed by atoms with Crippen molar-refractivity contribution in [1.82, 2.24) is 24.6 Å². The molecule has 1 amide bonds. The summed E-state index contributed by atoms with van der Waals surface area (Å²) in [6.45, 7) is 4.39. The van der Waals surface area contributed by atoms with E-state index in [9.17, 15) is 9.59 Å². The number of halogens is 1. The van der Waals surface area contributed by atoms with Crippen molar-refractivity contribution in [2.24, 2.45) is 0 Å². The zero-order chi connectivity index (χ0) is 15.6. The first kappa shape index (κ1) is 15.3. The van der Waals surface area contributed by atoms with E-state index in [1.54, 1.807) is 4.68 Å². The van der Waals surface area contributed by atoms with E-state index in [1.165, 1.54) is 10.8 Å². The highest BCUT2D eigenvalue weighted by molar-refractivity contribution is 6.28. The number of nitrogens with zero attached hydrogens (tertiary/aromatic N) is 4. The Morgan fingerprint density at radius 3 is 2.86 bits per heavy atom. The third-order valence-electron chi connectivity index (χ3n) is 2.99. The lowest BCUT2D eigenvalue weighted by Crippen LogP contribution is -2.26. The minimum Gasteiger partial charge on any atom is -0.465 e. The molecule has 2 N–H and O–H groups in total. The Bertz CT molecular complexity index is 721. The van der Waals surface area contributed by atoms with Gasteiger partial charge in [0.05, 0.1) is 6.20 Å². The second-order valence-corrected chi connectivity index (χ2v) is 5.18.